The molecule has 2 heterocycles. The zero-order chi connectivity index (χ0) is 22.4. The van der Waals surface area contributed by atoms with Gasteiger partial charge in [0.2, 0.25) is 11.8 Å². The molecule has 3 rings (SSSR count). The number of amides is 3. The molecule has 2 aliphatic rings. The fourth-order valence-corrected chi connectivity index (χ4v) is 3.88. The summed E-state index contributed by atoms with van der Waals surface area (Å²) in [6, 6.07) is 9.73. The third kappa shape index (κ3) is 6.57. The van der Waals surface area contributed by atoms with Gasteiger partial charge in [-0.1, -0.05) is 30.3 Å². The Morgan fingerprint density at radius 2 is 1.45 bits per heavy atom. The molecule has 0 bridgehead atoms. The molecule has 0 N–H and O–H groups in total. The highest BCUT2D eigenvalue weighted by atomic mass is 16.6. The first-order valence-corrected chi connectivity index (χ1v) is 11.0. The maximum atomic E-state index is 12.9. The van der Waals surface area contributed by atoms with E-state index in [1.807, 2.05) is 67.0 Å². The van der Waals surface area contributed by atoms with E-state index >= 15 is 0 Å². The number of ether oxygens (including phenoxy) is 1. The van der Waals surface area contributed by atoms with E-state index in [4.69, 9.17) is 4.74 Å². The lowest BCUT2D eigenvalue weighted by Crippen LogP contribution is -2.53. The molecule has 1 aromatic carbocycles. The van der Waals surface area contributed by atoms with Crippen molar-refractivity contribution in [3.05, 3.63) is 42.0 Å². The first-order valence-electron chi connectivity index (χ1n) is 11.0. The molecule has 0 atom stereocenters. The normalized spacial score (nSPS) is 18.4. The molecule has 0 aliphatic carbocycles. The second-order valence-electron chi connectivity index (χ2n) is 9.14. The quantitative estimate of drug-likeness (QED) is 0.696. The molecule has 7 heteroatoms. The molecular weight excluding hydrogens is 394 g/mol. The highest BCUT2D eigenvalue weighted by Gasteiger charge is 2.33. The van der Waals surface area contributed by atoms with Gasteiger partial charge < -0.3 is 19.4 Å². The van der Waals surface area contributed by atoms with Crippen LogP contribution in [0.4, 0.5) is 4.79 Å². The molecule has 0 saturated carbocycles. The Morgan fingerprint density at radius 3 is 2.03 bits per heavy atom. The van der Waals surface area contributed by atoms with Crippen LogP contribution in [-0.4, -0.2) is 77.5 Å². The Hall–Kier alpha value is -2.83. The zero-order valence-corrected chi connectivity index (χ0v) is 18.8. The molecule has 7 nitrogen and oxygen atoms in total. The predicted molar refractivity (Wildman–Crippen MR) is 119 cm³/mol. The van der Waals surface area contributed by atoms with Gasteiger partial charge in [0.25, 0.3) is 0 Å². The maximum Gasteiger partial charge on any atom is 0.410 e. The van der Waals surface area contributed by atoms with Crippen LogP contribution in [0, 0.1) is 5.92 Å². The minimum Gasteiger partial charge on any atom is -0.444 e. The minimum absolute atomic E-state index is 0.0132. The van der Waals surface area contributed by atoms with Gasteiger partial charge in [-0.2, -0.15) is 0 Å². The number of nitrogens with zero attached hydrogens (tertiary/aromatic N) is 3. The van der Waals surface area contributed by atoms with Crippen LogP contribution in [0.3, 0.4) is 0 Å². The van der Waals surface area contributed by atoms with E-state index in [9.17, 15) is 14.4 Å². The number of piperazine rings is 1. The molecule has 31 heavy (non-hydrogen) atoms. The Kier molecular flexibility index (Phi) is 7.36. The van der Waals surface area contributed by atoms with Crippen molar-refractivity contribution in [1.29, 1.82) is 0 Å². The van der Waals surface area contributed by atoms with Gasteiger partial charge >= 0.3 is 6.09 Å². The molecule has 1 aromatic rings. The van der Waals surface area contributed by atoms with Crippen LogP contribution in [0.15, 0.2) is 36.4 Å². The van der Waals surface area contributed by atoms with Gasteiger partial charge in [0, 0.05) is 51.3 Å². The summed E-state index contributed by atoms with van der Waals surface area (Å²) >= 11 is 0. The SMILES string of the molecule is CC(C)(C)OC(=O)N1CCN(C(=O)C2CCN(C(=O)C=Cc3ccccc3)CC2)CC1. The monoisotopic (exact) mass is 427 g/mol. The van der Waals surface area contributed by atoms with Gasteiger partial charge in [0.15, 0.2) is 0 Å². The van der Waals surface area contributed by atoms with E-state index < -0.39 is 5.60 Å². The van der Waals surface area contributed by atoms with E-state index in [-0.39, 0.29) is 23.8 Å². The van der Waals surface area contributed by atoms with Gasteiger partial charge in [-0.3, -0.25) is 9.59 Å². The van der Waals surface area contributed by atoms with Crippen molar-refractivity contribution in [2.45, 2.75) is 39.2 Å². The Morgan fingerprint density at radius 1 is 0.871 bits per heavy atom. The second-order valence-corrected chi connectivity index (χ2v) is 9.14. The van der Waals surface area contributed by atoms with Gasteiger partial charge in [-0.15, -0.1) is 0 Å². The van der Waals surface area contributed by atoms with Crippen LogP contribution in [-0.2, 0) is 14.3 Å². The van der Waals surface area contributed by atoms with Gasteiger partial charge in [-0.25, -0.2) is 4.79 Å². The maximum absolute atomic E-state index is 12.9. The van der Waals surface area contributed by atoms with E-state index in [0.29, 0.717) is 52.1 Å². The largest absolute Gasteiger partial charge is 0.444 e. The molecule has 0 radical (unpaired) electrons. The Labute approximate surface area is 184 Å². The van der Waals surface area contributed by atoms with Crippen LogP contribution in [0.1, 0.15) is 39.2 Å². The Bertz CT molecular complexity index is 800. The average Bonchev–Trinajstić information content (AvgIpc) is 2.77. The lowest BCUT2D eigenvalue weighted by atomic mass is 9.95. The van der Waals surface area contributed by atoms with Crippen LogP contribution < -0.4 is 0 Å². The number of hydrogen-bond acceptors (Lipinski definition) is 4. The number of carbonyl (C=O) groups excluding carboxylic acids is 3. The fourth-order valence-electron chi connectivity index (χ4n) is 3.88. The highest BCUT2D eigenvalue weighted by molar-refractivity contribution is 5.92. The first kappa shape index (κ1) is 22.8. The Balaban J connectivity index is 1.43. The summed E-state index contributed by atoms with van der Waals surface area (Å²) in [5.41, 5.74) is 0.470. The summed E-state index contributed by atoms with van der Waals surface area (Å²) in [5, 5.41) is 0. The second kappa shape index (κ2) is 9.98. The molecular formula is C24H33N3O4. The average molecular weight is 428 g/mol. The topological polar surface area (TPSA) is 70.2 Å². The summed E-state index contributed by atoms with van der Waals surface area (Å²) in [5.74, 6) is 0.0618. The zero-order valence-electron chi connectivity index (χ0n) is 18.8. The lowest BCUT2D eigenvalue weighted by molar-refractivity contribution is -0.140. The molecule has 0 unspecified atom stereocenters. The lowest BCUT2D eigenvalue weighted by Gasteiger charge is -2.38. The number of benzene rings is 1. The number of hydrogen-bond donors (Lipinski definition) is 0. The summed E-state index contributed by atoms with van der Waals surface area (Å²) in [6.45, 7) is 8.74. The number of likely N-dealkylation sites (tertiary alicyclic amines) is 1. The van der Waals surface area contributed by atoms with Gasteiger partial charge in [0.05, 0.1) is 0 Å². The summed E-state index contributed by atoms with van der Waals surface area (Å²) < 4.78 is 5.41. The summed E-state index contributed by atoms with van der Waals surface area (Å²) in [7, 11) is 0. The van der Waals surface area contributed by atoms with E-state index in [1.165, 1.54) is 0 Å². The van der Waals surface area contributed by atoms with Gasteiger partial charge in [-0.05, 0) is 45.3 Å². The third-order valence-electron chi connectivity index (χ3n) is 5.62. The molecule has 2 fully saturated rings. The van der Waals surface area contributed by atoms with Crippen molar-refractivity contribution >= 4 is 24.0 Å². The van der Waals surface area contributed by atoms with Gasteiger partial charge in [0.1, 0.15) is 5.60 Å². The number of piperidine rings is 1. The fraction of sp³-hybridized carbons (Fsp3) is 0.542. The summed E-state index contributed by atoms with van der Waals surface area (Å²) in [6.07, 6.45) is 4.46. The van der Waals surface area contributed by atoms with Crippen molar-refractivity contribution in [3.8, 4) is 0 Å². The first-order chi connectivity index (χ1) is 14.7. The molecule has 0 aromatic heterocycles. The van der Waals surface area contributed by atoms with Crippen LogP contribution in [0.5, 0.6) is 0 Å². The smallest absolute Gasteiger partial charge is 0.410 e. The van der Waals surface area contributed by atoms with Crippen LogP contribution in [0.25, 0.3) is 6.08 Å². The predicted octanol–water partition coefficient (Wildman–Crippen LogP) is 3.02. The molecule has 2 saturated heterocycles. The van der Waals surface area contributed by atoms with Crippen molar-refractivity contribution < 1.29 is 19.1 Å². The van der Waals surface area contributed by atoms with Crippen molar-refractivity contribution in [3.63, 3.8) is 0 Å². The molecule has 3 amide bonds. The standard InChI is InChI=1S/C24H33N3O4/c1-24(2,3)31-23(30)27-17-15-26(16-18-27)22(29)20-11-13-25(14-12-20)21(28)10-9-19-7-5-4-6-8-19/h4-10,20H,11-18H2,1-3H3. The third-order valence-corrected chi connectivity index (χ3v) is 5.62. The van der Waals surface area contributed by atoms with E-state index in [1.54, 1.807) is 11.0 Å². The highest BCUT2D eigenvalue weighted by Crippen LogP contribution is 2.21. The molecule has 168 valence electrons. The van der Waals surface area contributed by atoms with E-state index in [2.05, 4.69) is 0 Å². The number of carbonyl (C=O) groups is 3. The number of rotatable bonds is 3. The van der Waals surface area contributed by atoms with Crippen molar-refractivity contribution in [1.82, 2.24) is 14.7 Å². The molecule has 0 spiro atoms. The van der Waals surface area contributed by atoms with Crippen molar-refractivity contribution in [2.24, 2.45) is 5.92 Å². The summed E-state index contributed by atoms with van der Waals surface area (Å²) in [4.78, 5) is 42.9. The minimum atomic E-state index is -0.522. The van der Waals surface area contributed by atoms with E-state index in [0.717, 1.165) is 5.56 Å². The molecule has 2 aliphatic heterocycles. The van der Waals surface area contributed by atoms with Crippen LogP contribution >= 0.6 is 0 Å². The van der Waals surface area contributed by atoms with Crippen LogP contribution in [0.2, 0.25) is 0 Å². The van der Waals surface area contributed by atoms with Crippen molar-refractivity contribution in [2.75, 3.05) is 39.3 Å².